The summed E-state index contributed by atoms with van der Waals surface area (Å²) >= 11 is 0. The molecule has 1 unspecified atom stereocenters. The minimum atomic E-state index is -0.602. The summed E-state index contributed by atoms with van der Waals surface area (Å²) in [6.45, 7) is 7.43. The number of carbonyl (C=O) groups is 2. The Labute approximate surface area is 431 Å². The molecule has 0 saturated heterocycles. The van der Waals surface area contributed by atoms with Gasteiger partial charge in [0.25, 0.3) is 0 Å². The van der Waals surface area contributed by atoms with Crippen molar-refractivity contribution in [1.29, 1.82) is 0 Å². The fraction of sp³-hybridized carbons (Fsp3) is 0.600. The number of ether oxygens (including phenoxy) is 3. The minimum Gasteiger partial charge on any atom is -0.462 e. The van der Waals surface area contributed by atoms with E-state index in [4.69, 9.17) is 14.2 Å². The largest absolute Gasteiger partial charge is 0.462 e. The normalized spacial score (nSPS) is 13.4. The molecular formula is C65H104O5. The lowest BCUT2D eigenvalue weighted by atomic mass is 10.1. The van der Waals surface area contributed by atoms with Crippen LogP contribution in [0, 0.1) is 0 Å². The van der Waals surface area contributed by atoms with Gasteiger partial charge in [-0.1, -0.05) is 231 Å². The Hall–Kier alpha value is -4.22. The third kappa shape index (κ3) is 56.4. The van der Waals surface area contributed by atoms with Crippen LogP contribution >= 0.6 is 0 Å². The molecule has 0 rings (SSSR count). The average Bonchev–Trinajstić information content (AvgIpc) is 3.36. The first-order valence-corrected chi connectivity index (χ1v) is 28.4. The summed E-state index contributed by atoms with van der Waals surface area (Å²) in [6.07, 6.45) is 85.9. The summed E-state index contributed by atoms with van der Waals surface area (Å²) in [4.78, 5) is 25.5. The fourth-order valence-corrected chi connectivity index (χ4v) is 7.20. The van der Waals surface area contributed by atoms with E-state index >= 15 is 0 Å². The maximum Gasteiger partial charge on any atom is 0.306 e. The van der Waals surface area contributed by atoms with Crippen molar-refractivity contribution >= 4 is 11.9 Å². The molecule has 1 atom stereocenters. The van der Waals surface area contributed by atoms with E-state index in [1.54, 1.807) is 0 Å². The molecule has 0 aliphatic carbocycles. The van der Waals surface area contributed by atoms with E-state index in [1.807, 2.05) is 0 Å². The third-order valence-electron chi connectivity index (χ3n) is 11.3. The molecule has 0 bridgehead atoms. The van der Waals surface area contributed by atoms with E-state index in [0.29, 0.717) is 25.9 Å². The Morgan fingerprint density at radius 2 is 0.643 bits per heavy atom. The van der Waals surface area contributed by atoms with Gasteiger partial charge in [0.05, 0.1) is 6.61 Å². The highest BCUT2D eigenvalue weighted by molar-refractivity contribution is 5.70. The highest BCUT2D eigenvalue weighted by atomic mass is 16.6. The van der Waals surface area contributed by atoms with Crippen molar-refractivity contribution in [2.24, 2.45) is 0 Å². The molecule has 0 aromatic heterocycles. The Bertz CT molecular complexity index is 1510. The van der Waals surface area contributed by atoms with Crippen molar-refractivity contribution in [3.63, 3.8) is 0 Å². The molecule has 0 aromatic rings. The summed E-state index contributed by atoms with van der Waals surface area (Å²) in [5, 5.41) is 0. The highest BCUT2D eigenvalue weighted by Crippen LogP contribution is 2.13. The number of hydrogen-bond donors (Lipinski definition) is 0. The lowest BCUT2D eigenvalue weighted by Crippen LogP contribution is -2.30. The molecule has 0 aliphatic rings. The second-order valence-corrected chi connectivity index (χ2v) is 18.1. The van der Waals surface area contributed by atoms with Gasteiger partial charge in [-0.3, -0.25) is 9.59 Å². The van der Waals surface area contributed by atoms with Gasteiger partial charge in [-0.2, -0.15) is 0 Å². The van der Waals surface area contributed by atoms with Crippen molar-refractivity contribution in [3.8, 4) is 0 Å². The van der Waals surface area contributed by atoms with Gasteiger partial charge in [0.1, 0.15) is 6.61 Å². The van der Waals surface area contributed by atoms with Gasteiger partial charge in [-0.25, -0.2) is 0 Å². The zero-order valence-electron chi connectivity index (χ0n) is 45.2. The van der Waals surface area contributed by atoms with Gasteiger partial charge in [-0.05, 0) is 128 Å². The molecule has 0 fully saturated rings. The maximum atomic E-state index is 12.8. The highest BCUT2D eigenvalue weighted by Gasteiger charge is 2.17. The van der Waals surface area contributed by atoms with Crippen LogP contribution in [0.15, 0.2) is 146 Å². The van der Waals surface area contributed by atoms with E-state index in [1.165, 1.54) is 83.5 Å². The zero-order valence-corrected chi connectivity index (χ0v) is 45.2. The summed E-state index contributed by atoms with van der Waals surface area (Å²) < 4.78 is 17.4. The molecule has 0 amide bonds. The van der Waals surface area contributed by atoms with Gasteiger partial charge in [-0.15, -0.1) is 0 Å². The second kappa shape index (κ2) is 59.1. The Balaban J connectivity index is 4.47. The first-order valence-electron chi connectivity index (χ1n) is 28.4. The van der Waals surface area contributed by atoms with Crippen LogP contribution < -0.4 is 0 Å². The number of unbranched alkanes of at least 4 members (excludes halogenated alkanes) is 15. The van der Waals surface area contributed by atoms with Crippen molar-refractivity contribution in [3.05, 3.63) is 146 Å². The summed E-state index contributed by atoms with van der Waals surface area (Å²) in [5.41, 5.74) is 0. The molecule has 0 radical (unpaired) electrons. The predicted molar refractivity (Wildman–Crippen MR) is 306 cm³/mol. The van der Waals surface area contributed by atoms with Crippen LogP contribution in [0.1, 0.15) is 226 Å². The predicted octanol–water partition coefficient (Wildman–Crippen LogP) is 19.7. The van der Waals surface area contributed by atoms with Crippen molar-refractivity contribution in [1.82, 2.24) is 0 Å². The zero-order chi connectivity index (χ0) is 50.6. The molecule has 0 N–H and O–H groups in total. The molecule has 394 valence electrons. The summed E-state index contributed by atoms with van der Waals surface area (Å²) in [5.74, 6) is -0.542. The SMILES string of the molecule is CC/C=C\C/C=C\C/C=C\C/C=C\C/C=C\CCCC(=O)OCC(COCCCCCCCCCCCC/C=C\C/C=C\CCCCC)OC(=O)CCC/C=C\C/C=C\C/C=C\C/C=C\C/C=C\CC. The molecule has 70 heavy (non-hydrogen) atoms. The topological polar surface area (TPSA) is 61.8 Å². The number of esters is 2. The number of hydrogen-bond acceptors (Lipinski definition) is 5. The molecule has 5 heteroatoms. The molecule has 0 aromatic carbocycles. The first kappa shape index (κ1) is 65.8. The molecule has 0 spiro atoms. The maximum absolute atomic E-state index is 12.8. The van der Waals surface area contributed by atoms with Gasteiger partial charge in [0, 0.05) is 19.4 Å². The first-order chi connectivity index (χ1) is 34.6. The van der Waals surface area contributed by atoms with Crippen molar-refractivity contribution in [2.75, 3.05) is 19.8 Å². The number of carbonyl (C=O) groups excluding carboxylic acids is 2. The average molecular weight is 966 g/mol. The Morgan fingerprint density at radius 3 is 1.03 bits per heavy atom. The van der Waals surface area contributed by atoms with E-state index < -0.39 is 6.10 Å². The molecule has 0 aliphatic heterocycles. The Kier molecular flexibility index (Phi) is 55.5. The lowest BCUT2D eigenvalue weighted by molar-refractivity contribution is -0.162. The van der Waals surface area contributed by atoms with Crippen LogP contribution in [0.5, 0.6) is 0 Å². The van der Waals surface area contributed by atoms with E-state index in [2.05, 4.69) is 167 Å². The van der Waals surface area contributed by atoms with Gasteiger partial charge in [0.15, 0.2) is 6.10 Å². The van der Waals surface area contributed by atoms with E-state index in [-0.39, 0.29) is 25.2 Å². The van der Waals surface area contributed by atoms with E-state index in [0.717, 1.165) is 103 Å². The van der Waals surface area contributed by atoms with Crippen LogP contribution in [0.3, 0.4) is 0 Å². The summed E-state index contributed by atoms with van der Waals surface area (Å²) in [6, 6.07) is 0. The quantitative estimate of drug-likeness (QED) is 0.0345. The third-order valence-corrected chi connectivity index (χ3v) is 11.3. The van der Waals surface area contributed by atoms with Crippen LogP contribution in [0.4, 0.5) is 0 Å². The van der Waals surface area contributed by atoms with Gasteiger partial charge < -0.3 is 14.2 Å². The Morgan fingerprint density at radius 1 is 0.329 bits per heavy atom. The molecular weight excluding hydrogens is 861 g/mol. The molecule has 5 nitrogen and oxygen atoms in total. The van der Waals surface area contributed by atoms with E-state index in [9.17, 15) is 9.59 Å². The monoisotopic (exact) mass is 965 g/mol. The smallest absolute Gasteiger partial charge is 0.306 e. The van der Waals surface area contributed by atoms with Crippen LogP contribution in [0.25, 0.3) is 0 Å². The van der Waals surface area contributed by atoms with Crippen LogP contribution in [-0.4, -0.2) is 37.9 Å². The van der Waals surface area contributed by atoms with Gasteiger partial charge >= 0.3 is 11.9 Å². The standard InChI is InChI=1S/C65H104O5/c1-4-7-10-13-16-19-22-25-28-31-32-33-36-39-42-45-48-51-54-57-60-68-61-63(70-65(67)59-56-53-50-47-44-41-38-35-30-27-24-21-18-15-12-9-6-3)62-69-64(66)58-55-52-49-46-43-40-37-34-29-26-23-20-17-14-11-8-5-2/h8-9,11-12,16-21,25-30,37-38,40-41,46-47,49-50,63H,4-7,10,13-15,22-24,31-36,39,42-45,48,51-62H2,1-3H3/b11-8-,12-9-,19-16-,20-17-,21-18-,28-25-,29-26-,30-27-,40-37-,41-38-,49-46-,50-47-. The minimum absolute atomic E-state index is 0.0224. The van der Waals surface area contributed by atoms with Crippen LogP contribution in [0.2, 0.25) is 0 Å². The van der Waals surface area contributed by atoms with Crippen LogP contribution in [-0.2, 0) is 23.8 Å². The second-order valence-electron chi connectivity index (χ2n) is 18.1. The number of allylic oxidation sites excluding steroid dienone is 24. The number of rotatable bonds is 50. The summed E-state index contributed by atoms with van der Waals surface area (Å²) in [7, 11) is 0. The fourth-order valence-electron chi connectivity index (χ4n) is 7.20. The van der Waals surface area contributed by atoms with Crippen molar-refractivity contribution < 1.29 is 23.8 Å². The van der Waals surface area contributed by atoms with Crippen molar-refractivity contribution in [2.45, 2.75) is 232 Å². The molecule has 0 saturated carbocycles. The molecule has 0 heterocycles. The lowest BCUT2D eigenvalue weighted by Gasteiger charge is -2.18. The van der Waals surface area contributed by atoms with Gasteiger partial charge in [0.2, 0.25) is 0 Å².